The highest BCUT2D eigenvalue weighted by atomic mass is 32.2. The van der Waals surface area contributed by atoms with E-state index in [1.54, 1.807) is 0 Å². The van der Waals surface area contributed by atoms with Crippen molar-refractivity contribution in [1.82, 2.24) is 5.32 Å². The number of hydrogen-bond acceptors (Lipinski definition) is 3. The highest BCUT2D eigenvalue weighted by Crippen LogP contribution is 2.35. The topological polar surface area (TPSA) is 46.2 Å². The molecule has 3 nitrogen and oxygen atoms in total. The maximum atomic E-state index is 12.1. The van der Waals surface area contributed by atoms with Crippen molar-refractivity contribution in [2.45, 2.75) is 56.7 Å². The van der Waals surface area contributed by atoms with Crippen molar-refractivity contribution < 1.29 is 8.42 Å². The Morgan fingerprint density at radius 1 is 1.19 bits per heavy atom. The molecule has 1 aliphatic heterocycles. The largest absolute Gasteiger partial charge is 0.313 e. The van der Waals surface area contributed by atoms with Gasteiger partial charge in [0.1, 0.15) is 0 Å². The minimum atomic E-state index is -2.83. The van der Waals surface area contributed by atoms with Gasteiger partial charge in [-0.15, -0.1) is 0 Å². The number of sulfone groups is 1. The molecule has 0 bridgehead atoms. The van der Waals surface area contributed by atoms with Crippen LogP contribution >= 0.6 is 0 Å². The Labute approximate surface area is 98.9 Å². The standard InChI is InChI=1S/C12H23NO2S/c1-2-13-12(10-6-5-7-10)11-8-3-4-9-16(11,14)15/h10-13H,2-9H2,1H3. The smallest absolute Gasteiger partial charge is 0.154 e. The SMILES string of the molecule is CCNC(C1CCC1)C1CCCCS1(=O)=O. The van der Waals surface area contributed by atoms with E-state index >= 15 is 0 Å². The molecule has 1 saturated carbocycles. The molecule has 0 amide bonds. The van der Waals surface area contributed by atoms with Gasteiger partial charge in [0.05, 0.1) is 11.0 Å². The molecule has 0 aromatic carbocycles. The number of nitrogens with one attached hydrogen (secondary N) is 1. The lowest BCUT2D eigenvalue weighted by atomic mass is 9.77. The molecular formula is C12H23NO2S. The van der Waals surface area contributed by atoms with Crippen LogP contribution in [0.2, 0.25) is 0 Å². The van der Waals surface area contributed by atoms with Gasteiger partial charge >= 0.3 is 0 Å². The third kappa shape index (κ3) is 2.43. The summed E-state index contributed by atoms with van der Waals surface area (Å²) in [5, 5.41) is 3.33. The Kier molecular flexibility index (Phi) is 3.90. The van der Waals surface area contributed by atoms with Gasteiger partial charge in [-0.1, -0.05) is 19.8 Å². The fraction of sp³-hybridized carbons (Fsp3) is 1.00. The van der Waals surface area contributed by atoms with E-state index < -0.39 is 9.84 Å². The first-order valence-corrected chi connectivity index (χ1v) is 8.31. The van der Waals surface area contributed by atoms with E-state index in [1.165, 1.54) is 19.3 Å². The highest BCUT2D eigenvalue weighted by molar-refractivity contribution is 7.92. The average Bonchev–Trinajstić information content (AvgIpc) is 2.14. The second-order valence-corrected chi connectivity index (χ2v) is 7.52. The van der Waals surface area contributed by atoms with Crippen LogP contribution in [0.5, 0.6) is 0 Å². The van der Waals surface area contributed by atoms with Gasteiger partial charge in [0, 0.05) is 6.04 Å². The number of hydrogen-bond donors (Lipinski definition) is 1. The summed E-state index contributed by atoms with van der Waals surface area (Å²) in [4.78, 5) is 0. The fourth-order valence-corrected chi connectivity index (χ4v) is 5.22. The van der Waals surface area contributed by atoms with E-state index in [-0.39, 0.29) is 11.3 Å². The Bertz CT molecular complexity index is 322. The first-order valence-electron chi connectivity index (χ1n) is 6.60. The van der Waals surface area contributed by atoms with Crippen LogP contribution in [0.25, 0.3) is 0 Å². The molecule has 0 aromatic rings. The van der Waals surface area contributed by atoms with Crippen LogP contribution in [0.1, 0.15) is 45.4 Å². The lowest BCUT2D eigenvalue weighted by Crippen LogP contribution is -2.52. The Morgan fingerprint density at radius 2 is 1.94 bits per heavy atom. The average molecular weight is 245 g/mol. The maximum Gasteiger partial charge on any atom is 0.154 e. The molecule has 2 fully saturated rings. The first-order chi connectivity index (χ1) is 7.65. The molecule has 2 atom stereocenters. The van der Waals surface area contributed by atoms with Crippen LogP contribution in [0.3, 0.4) is 0 Å². The third-order valence-corrected chi connectivity index (χ3v) is 6.44. The zero-order valence-electron chi connectivity index (χ0n) is 10.1. The third-order valence-electron chi connectivity index (χ3n) is 4.13. The van der Waals surface area contributed by atoms with E-state index in [4.69, 9.17) is 0 Å². The molecule has 1 aliphatic carbocycles. The minimum Gasteiger partial charge on any atom is -0.313 e. The Balaban J connectivity index is 2.10. The van der Waals surface area contributed by atoms with Gasteiger partial charge in [-0.25, -0.2) is 8.42 Å². The van der Waals surface area contributed by atoms with Gasteiger partial charge in [0.2, 0.25) is 0 Å². The van der Waals surface area contributed by atoms with E-state index in [9.17, 15) is 8.42 Å². The summed E-state index contributed by atoms with van der Waals surface area (Å²) >= 11 is 0. The minimum absolute atomic E-state index is 0.105. The molecule has 1 heterocycles. The summed E-state index contributed by atoms with van der Waals surface area (Å²) in [6, 6.07) is 0.226. The van der Waals surface area contributed by atoms with Crippen LogP contribution in [0, 0.1) is 5.92 Å². The molecule has 4 heteroatoms. The molecule has 94 valence electrons. The molecule has 2 unspecified atom stereocenters. The second-order valence-electron chi connectivity index (χ2n) is 5.18. The van der Waals surface area contributed by atoms with E-state index in [1.807, 2.05) is 0 Å². The van der Waals surface area contributed by atoms with Crippen molar-refractivity contribution in [2.75, 3.05) is 12.3 Å². The van der Waals surface area contributed by atoms with Crippen molar-refractivity contribution in [3.63, 3.8) is 0 Å². The highest BCUT2D eigenvalue weighted by Gasteiger charge is 2.40. The molecule has 0 spiro atoms. The van der Waals surface area contributed by atoms with Crippen LogP contribution in [-0.2, 0) is 9.84 Å². The van der Waals surface area contributed by atoms with Crippen LogP contribution in [-0.4, -0.2) is 32.0 Å². The van der Waals surface area contributed by atoms with E-state index in [0.29, 0.717) is 11.7 Å². The molecule has 1 N–H and O–H groups in total. The van der Waals surface area contributed by atoms with E-state index in [0.717, 1.165) is 25.8 Å². The first kappa shape index (κ1) is 12.4. The lowest BCUT2D eigenvalue weighted by Gasteiger charge is -2.40. The van der Waals surface area contributed by atoms with E-state index in [2.05, 4.69) is 12.2 Å². The number of rotatable bonds is 4. The Hall–Kier alpha value is -0.0900. The quantitative estimate of drug-likeness (QED) is 0.820. The molecule has 2 aliphatic rings. The van der Waals surface area contributed by atoms with Crippen molar-refractivity contribution in [3.8, 4) is 0 Å². The molecule has 1 saturated heterocycles. The molecule has 0 aromatic heterocycles. The monoisotopic (exact) mass is 245 g/mol. The molecule has 16 heavy (non-hydrogen) atoms. The van der Waals surface area contributed by atoms with Gasteiger partial charge in [0.25, 0.3) is 0 Å². The normalized spacial score (nSPS) is 31.9. The zero-order chi connectivity index (χ0) is 11.6. The zero-order valence-corrected chi connectivity index (χ0v) is 10.9. The van der Waals surface area contributed by atoms with Crippen molar-refractivity contribution in [3.05, 3.63) is 0 Å². The van der Waals surface area contributed by atoms with Gasteiger partial charge in [-0.3, -0.25) is 0 Å². The van der Waals surface area contributed by atoms with Crippen molar-refractivity contribution in [1.29, 1.82) is 0 Å². The van der Waals surface area contributed by atoms with Crippen LogP contribution < -0.4 is 5.32 Å². The summed E-state index contributed by atoms with van der Waals surface area (Å²) in [6.45, 7) is 2.95. The van der Waals surface area contributed by atoms with Crippen molar-refractivity contribution >= 4 is 9.84 Å². The fourth-order valence-electron chi connectivity index (χ4n) is 3.02. The second kappa shape index (κ2) is 5.05. The van der Waals surface area contributed by atoms with Gasteiger partial charge < -0.3 is 5.32 Å². The predicted molar refractivity (Wildman–Crippen MR) is 66.2 cm³/mol. The van der Waals surface area contributed by atoms with Crippen molar-refractivity contribution in [2.24, 2.45) is 5.92 Å². The summed E-state index contributed by atoms with van der Waals surface area (Å²) < 4.78 is 24.2. The summed E-state index contributed by atoms with van der Waals surface area (Å²) in [5.41, 5.74) is 0. The molecular weight excluding hydrogens is 222 g/mol. The molecule has 0 radical (unpaired) electrons. The maximum absolute atomic E-state index is 12.1. The van der Waals surface area contributed by atoms with Gasteiger partial charge in [-0.05, 0) is 38.1 Å². The summed E-state index contributed by atoms with van der Waals surface area (Å²) in [7, 11) is -2.83. The van der Waals surface area contributed by atoms with Crippen LogP contribution in [0.15, 0.2) is 0 Å². The van der Waals surface area contributed by atoms with Crippen LogP contribution in [0.4, 0.5) is 0 Å². The summed E-state index contributed by atoms with van der Waals surface area (Å²) in [5.74, 6) is 1.02. The Morgan fingerprint density at radius 3 is 2.44 bits per heavy atom. The lowest BCUT2D eigenvalue weighted by molar-refractivity contribution is 0.218. The predicted octanol–water partition coefficient (Wildman–Crippen LogP) is 1.73. The van der Waals surface area contributed by atoms with Gasteiger partial charge in [0.15, 0.2) is 9.84 Å². The summed E-state index contributed by atoms with van der Waals surface area (Å²) in [6.07, 6.45) is 6.52. The van der Waals surface area contributed by atoms with Gasteiger partial charge in [-0.2, -0.15) is 0 Å². The molecule has 2 rings (SSSR count).